The first-order valence-corrected chi connectivity index (χ1v) is 7.94. The zero-order valence-electron chi connectivity index (χ0n) is 13.7. The van der Waals surface area contributed by atoms with Crippen molar-refractivity contribution in [3.63, 3.8) is 0 Å². The largest absolute Gasteiger partial charge is 0.484 e. The van der Waals surface area contributed by atoms with Crippen molar-refractivity contribution in [1.82, 2.24) is 4.90 Å². The van der Waals surface area contributed by atoms with Gasteiger partial charge in [0.1, 0.15) is 5.75 Å². The second kappa shape index (κ2) is 6.97. The van der Waals surface area contributed by atoms with Gasteiger partial charge >= 0.3 is 0 Å². The number of nitrogens with zero attached hydrogens (tertiary/aromatic N) is 1. The highest BCUT2D eigenvalue weighted by Gasteiger charge is 2.27. The Morgan fingerprint density at radius 1 is 1.24 bits per heavy atom. The Labute approximate surface area is 128 Å². The summed E-state index contributed by atoms with van der Waals surface area (Å²) in [6, 6.07) is 6.32. The van der Waals surface area contributed by atoms with Crippen molar-refractivity contribution in [2.75, 3.05) is 13.7 Å². The molecular formula is C18H27NO2. The molecule has 1 aliphatic rings. The molecule has 0 N–H and O–H groups in total. The molecule has 3 nitrogen and oxygen atoms in total. The van der Waals surface area contributed by atoms with Gasteiger partial charge in [0.15, 0.2) is 6.61 Å². The lowest BCUT2D eigenvalue weighted by Gasteiger charge is -2.36. The van der Waals surface area contributed by atoms with E-state index >= 15 is 0 Å². The molecule has 21 heavy (non-hydrogen) atoms. The van der Waals surface area contributed by atoms with Gasteiger partial charge in [-0.25, -0.2) is 0 Å². The molecule has 1 aromatic rings. The molecule has 2 unspecified atom stereocenters. The first-order valence-electron chi connectivity index (χ1n) is 7.94. The second-order valence-electron chi connectivity index (χ2n) is 6.37. The quantitative estimate of drug-likeness (QED) is 0.845. The first kappa shape index (κ1) is 15.9. The van der Waals surface area contributed by atoms with Crippen LogP contribution in [-0.4, -0.2) is 30.5 Å². The molecule has 1 aromatic carbocycles. The van der Waals surface area contributed by atoms with E-state index in [0.717, 1.165) is 12.2 Å². The van der Waals surface area contributed by atoms with E-state index in [1.54, 1.807) is 0 Å². The Bertz CT molecular complexity index is 498. The molecule has 0 heterocycles. The molecule has 1 fully saturated rings. The molecule has 0 aromatic heterocycles. The number of ether oxygens (including phenoxy) is 1. The Balaban J connectivity index is 1.89. The van der Waals surface area contributed by atoms with Crippen molar-refractivity contribution in [3.8, 4) is 5.75 Å². The number of hydrogen-bond acceptors (Lipinski definition) is 2. The van der Waals surface area contributed by atoms with E-state index in [1.165, 1.54) is 30.4 Å². The van der Waals surface area contributed by atoms with Crippen molar-refractivity contribution in [3.05, 3.63) is 29.3 Å². The smallest absolute Gasteiger partial charge is 0.260 e. The number of rotatable bonds is 4. The van der Waals surface area contributed by atoms with E-state index in [4.69, 9.17) is 4.74 Å². The van der Waals surface area contributed by atoms with Gasteiger partial charge in [0.25, 0.3) is 5.91 Å². The average molecular weight is 289 g/mol. The van der Waals surface area contributed by atoms with E-state index in [1.807, 2.05) is 30.1 Å². The van der Waals surface area contributed by atoms with Crippen LogP contribution >= 0.6 is 0 Å². The molecule has 0 spiro atoms. The molecule has 0 saturated heterocycles. The van der Waals surface area contributed by atoms with Crippen LogP contribution < -0.4 is 4.74 Å². The Morgan fingerprint density at radius 3 is 2.62 bits per heavy atom. The molecule has 0 radical (unpaired) electrons. The maximum absolute atomic E-state index is 12.3. The fourth-order valence-corrected chi connectivity index (χ4v) is 3.11. The molecule has 0 bridgehead atoms. The van der Waals surface area contributed by atoms with Crippen LogP contribution in [-0.2, 0) is 4.79 Å². The van der Waals surface area contributed by atoms with Crippen molar-refractivity contribution in [2.45, 2.75) is 52.5 Å². The average Bonchev–Trinajstić information content (AvgIpc) is 2.48. The van der Waals surface area contributed by atoms with Crippen molar-refractivity contribution in [2.24, 2.45) is 5.92 Å². The minimum Gasteiger partial charge on any atom is -0.484 e. The second-order valence-corrected chi connectivity index (χ2v) is 6.37. The molecule has 1 aliphatic carbocycles. The molecular weight excluding hydrogens is 262 g/mol. The van der Waals surface area contributed by atoms with Crippen molar-refractivity contribution in [1.29, 1.82) is 0 Å². The third-order valence-corrected chi connectivity index (χ3v) is 4.80. The third kappa shape index (κ3) is 3.99. The van der Waals surface area contributed by atoms with Gasteiger partial charge in [-0.3, -0.25) is 4.79 Å². The molecule has 1 saturated carbocycles. The molecule has 0 aliphatic heterocycles. The van der Waals surface area contributed by atoms with Crippen LogP contribution in [0.2, 0.25) is 0 Å². The highest BCUT2D eigenvalue weighted by molar-refractivity contribution is 5.77. The predicted octanol–water partition coefficient (Wildman–Crippen LogP) is 3.72. The molecule has 2 rings (SSSR count). The minimum absolute atomic E-state index is 0.0759. The molecule has 2 atom stereocenters. The van der Waals surface area contributed by atoms with E-state index in [2.05, 4.69) is 20.8 Å². The fourth-order valence-electron chi connectivity index (χ4n) is 3.11. The normalized spacial score (nSPS) is 21.9. The van der Waals surface area contributed by atoms with Crippen LogP contribution in [0.25, 0.3) is 0 Å². The van der Waals surface area contributed by atoms with Gasteiger partial charge in [0.05, 0.1) is 0 Å². The Kier molecular flexibility index (Phi) is 5.27. The predicted molar refractivity (Wildman–Crippen MR) is 85.6 cm³/mol. The summed E-state index contributed by atoms with van der Waals surface area (Å²) in [4.78, 5) is 14.2. The summed E-state index contributed by atoms with van der Waals surface area (Å²) in [5, 5.41) is 0. The van der Waals surface area contributed by atoms with Crippen molar-refractivity contribution >= 4 is 5.91 Å². The van der Waals surface area contributed by atoms with E-state index in [-0.39, 0.29) is 12.5 Å². The van der Waals surface area contributed by atoms with E-state index in [9.17, 15) is 4.79 Å². The highest BCUT2D eigenvalue weighted by atomic mass is 16.5. The van der Waals surface area contributed by atoms with Gasteiger partial charge < -0.3 is 9.64 Å². The summed E-state index contributed by atoms with van der Waals surface area (Å²) in [5.41, 5.74) is 2.43. The third-order valence-electron chi connectivity index (χ3n) is 4.80. The topological polar surface area (TPSA) is 29.5 Å². The van der Waals surface area contributed by atoms with Gasteiger partial charge in [-0.1, -0.05) is 25.8 Å². The summed E-state index contributed by atoms with van der Waals surface area (Å²) in [6.45, 7) is 6.50. The van der Waals surface area contributed by atoms with Gasteiger partial charge in [0, 0.05) is 13.1 Å². The van der Waals surface area contributed by atoms with Crippen LogP contribution in [0.4, 0.5) is 0 Å². The van der Waals surface area contributed by atoms with Gasteiger partial charge in [-0.2, -0.15) is 0 Å². The highest BCUT2D eigenvalue weighted by Crippen LogP contribution is 2.27. The number of carbonyl (C=O) groups excluding carboxylic acids is 1. The van der Waals surface area contributed by atoms with Crippen LogP contribution in [0, 0.1) is 19.8 Å². The zero-order valence-corrected chi connectivity index (χ0v) is 13.7. The monoisotopic (exact) mass is 289 g/mol. The number of carbonyl (C=O) groups is 1. The minimum atomic E-state index is 0.0759. The van der Waals surface area contributed by atoms with Crippen LogP contribution in [0.3, 0.4) is 0 Å². The first-order chi connectivity index (χ1) is 9.99. The van der Waals surface area contributed by atoms with Crippen LogP contribution in [0.5, 0.6) is 5.75 Å². The summed E-state index contributed by atoms with van der Waals surface area (Å²) >= 11 is 0. The molecule has 3 heteroatoms. The lowest BCUT2D eigenvalue weighted by molar-refractivity contribution is -0.135. The standard InChI is InChI=1S/C18H27NO2/c1-13-9-10-16(11-15(13)3)21-12-18(20)19(4)17-8-6-5-7-14(17)2/h9-11,14,17H,5-8,12H2,1-4H3. The maximum Gasteiger partial charge on any atom is 0.260 e. The van der Waals surface area contributed by atoms with Gasteiger partial charge in [-0.15, -0.1) is 0 Å². The fraction of sp³-hybridized carbons (Fsp3) is 0.611. The Hall–Kier alpha value is -1.51. The lowest BCUT2D eigenvalue weighted by atomic mass is 9.85. The van der Waals surface area contributed by atoms with E-state index in [0.29, 0.717) is 12.0 Å². The molecule has 116 valence electrons. The summed E-state index contributed by atoms with van der Waals surface area (Å²) in [6.07, 6.45) is 4.86. The summed E-state index contributed by atoms with van der Waals surface area (Å²) < 4.78 is 5.66. The van der Waals surface area contributed by atoms with Gasteiger partial charge in [-0.05, 0) is 55.9 Å². The van der Waals surface area contributed by atoms with E-state index < -0.39 is 0 Å². The zero-order chi connectivity index (χ0) is 15.4. The number of benzene rings is 1. The SMILES string of the molecule is Cc1ccc(OCC(=O)N(C)C2CCCCC2C)cc1C. The van der Waals surface area contributed by atoms with Gasteiger partial charge in [0.2, 0.25) is 0 Å². The van der Waals surface area contributed by atoms with Crippen LogP contribution in [0.1, 0.15) is 43.7 Å². The van der Waals surface area contributed by atoms with Crippen molar-refractivity contribution < 1.29 is 9.53 Å². The summed E-state index contributed by atoms with van der Waals surface area (Å²) in [5.74, 6) is 1.44. The number of aryl methyl sites for hydroxylation is 2. The van der Waals surface area contributed by atoms with Crippen LogP contribution in [0.15, 0.2) is 18.2 Å². The number of hydrogen-bond donors (Lipinski definition) is 0. The molecule has 1 amide bonds. The Morgan fingerprint density at radius 2 is 1.95 bits per heavy atom. The maximum atomic E-state index is 12.3. The number of likely N-dealkylation sites (N-methyl/N-ethyl adjacent to an activating group) is 1. The lowest BCUT2D eigenvalue weighted by Crippen LogP contribution is -2.44. The summed E-state index contributed by atoms with van der Waals surface area (Å²) in [7, 11) is 1.92. The number of amides is 1.